The van der Waals surface area contributed by atoms with Gasteiger partial charge in [0.1, 0.15) is 17.6 Å². The molecule has 0 radical (unpaired) electrons. The molecule has 1 aromatic rings. The van der Waals surface area contributed by atoms with E-state index in [1.807, 2.05) is 0 Å². The standard InChI is InChI=1S/C10H13N3O3/c1-6-4-7(12-5-11-6)8(14)13-10(2,3)9(15)16/h4-5H,1-3H3,(H,13,14)(H,15,16). The van der Waals surface area contributed by atoms with Gasteiger partial charge in [-0.3, -0.25) is 4.79 Å². The van der Waals surface area contributed by atoms with Crippen LogP contribution in [0.4, 0.5) is 0 Å². The first-order valence-electron chi connectivity index (χ1n) is 4.67. The van der Waals surface area contributed by atoms with Gasteiger partial charge in [0.2, 0.25) is 0 Å². The second-order valence-corrected chi connectivity index (χ2v) is 3.93. The Morgan fingerprint density at radius 3 is 2.50 bits per heavy atom. The fourth-order valence-electron chi connectivity index (χ4n) is 0.980. The van der Waals surface area contributed by atoms with Gasteiger partial charge in [0, 0.05) is 5.69 Å². The molecular weight excluding hydrogens is 210 g/mol. The van der Waals surface area contributed by atoms with Crippen molar-refractivity contribution in [2.45, 2.75) is 26.3 Å². The first kappa shape index (κ1) is 12.1. The average Bonchev–Trinajstić information content (AvgIpc) is 2.16. The molecule has 16 heavy (non-hydrogen) atoms. The number of carboxylic acids is 1. The molecule has 1 rings (SSSR count). The van der Waals surface area contributed by atoms with E-state index in [1.54, 1.807) is 6.92 Å². The molecule has 0 saturated heterocycles. The van der Waals surface area contributed by atoms with Crippen LogP contribution in [0.5, 0.6) is 0 Å². The number of carbonyl (C=O) groups is 2. The molecule has 6 nitrogen and oxygen atoms in total. The van der Waals surface area contributed by atoms with Crippen LogP contribution in [0.15, 0.2) is 12.4 Å². The highest BCUT2D eigenvalue weighted by Gasteiger charge is 2.29. The number of rotatable bonds is 3. The van der Waals surface area contributed by atoms with Crippen LogP contribution in [-0.4, -0.2) is 32.5 Å². The molecular formula is C10H13N3O3. The summed E-state index contributed by atoms with van der Waals surface area (Å²) in [5.74, 6) is -1.63. The number of hydrogen-bond donors (Lipinski definition) is 2. The van der Waals surface area contributed by atoms with Crippen LogP contribution in [0, 0.1) is 6.92 Å². The van der Waals surface area contributed by atoms with E-state index in [0.717, 1.165) is 0 Å². The zero-order chi connectivity index (χ0) is 12.3. The summed E-state index contributed by atoms with van der Waals surface area (Å²) in [5, 5.41) is 11.2. The van der Waals surface area contributed by atoms with Crippen molar-refractivity contribution < 1.29 is 14.7 Å². The maximum Gasteiger partial charge on any atom is 0.328 e. The third kappa shape index (κ3) is 2.75. The Morgan fingerprint density at radius 2 is 2.00 bits per heavy atom. The summed E-state index contributed by atoms with van der Waals surface area (Å²) >= 11 is 0. The van der Waals surface area contributed by atoms with E-state index in [-0.39, 0.29) is 5.69 Å². The zero-order valence-electron chi connectivity index (χ0n) is 9.31. The summed E-state index contributed by atoms with van der Waals surface area (Å²) in [6.07, 6.45) is 1.26. The summed E-state index contributed by atoms with van der Waals surface area (Å²) in [6, 6.07) is 1.49. The molecule has 86 valence electrons. The van der Waals surface area contributed by atoms with Crippen LogP contribution in [-0.2, 0) is 4.79 Å². The van der Waals surface area contributed by atoms with E-state index in [1.165, 1.54) is 26.2 Å². The fourth-order valence-corrected chi connectivity index (χ4v) is 0.980. The summed E-state index contributed by atoms with van der Waals surface area (Å²) in [7, 11) is 0. The van der Waals surface area contributed by atoms with E-state index in [0.29, 0.717) is 5.69 Å². The van der Waals surface area contributed by atoms with Gasteiger partial charge in [0.25, 0.3) is 5.91 Å². The largest absolute Gasteiger partial charge is 0.480 e. The third-order valence-corrected chi connectivity index (χ3v) is 2.00. The predicted octanol–water partition coefficient (Wildman–Crippen LogP) is 0.378. The van der Waals surface area contributed by atoms with Gasteiger partial charge in [-0.25, -0.2) is 14.8 Å². The van der Waals surface area contributed by atoms with Crippen LogP contribution < -0.4 is 5.32 Å². The minimum Gasteiger partial charge on any atom is -0.480 e. The normalized spacial score (nSPS) is 10.9. The lowest BCUT2D eigenvalue weighted by atomic mass is 10.1. The lowest BCUT2D eigenvalue weighted by Crippen LogP contribution is -2.49. The smallest absolute Gasteiger partial charge is 0.328 e. The summed E-state index contributed by atoms with van der Waals surface area (Å²) in [6.45, 7) is 4.53. The number of aromatic nitrogens is 2. The van der Waals surface area contributed by atoms with Gasteiger partial charge in [-0.05, 0) is 26.8 Å². The number of amides is 1. The highest BCUT2D eigenvalue weighted by atomic mass is 16.4. The molecule has 0 aliphatic heterocycles. The zero-order valence-corrected chi connectivity index (χ0v) is 9.31. The van der Waals surface area contributed by atoms with Crippen molar-refractivity contribution in [1.29, 1.82) is 0 Å². The third-order valence-electron chi connectivity index (χ3n) is 2.00. The van der Waals surface area contributed by atoms with E-state index in [2.05, 4.69) is 15.3 Å². The lowest BCUT2D eigenvalue weighted by molar-refractivity contribution is -0.143. The number of nitrogens with one attached hydrogen (secondary N) is 1. The van der Waals surface area contributed by atoms with Gasteiger partial charge in [0.15, 0.2) is 0 Å². The van der Waals surface area contributed by atoms with Crippen molar-refractivity contribution in [2.75, 3.05) is 0 Å². The minimum absolute atomic E-state index is 0.154. The lowest BCUT2D eigenvalue weighted by Gasteiger charge is -2.20. The Hall–Kier alpha value is -1.98. The molecule has 0 atom stereocenters. The Morgan fingerprint density at radius 1 is 1.38 bits per heavy atom. The Labute approximate surface area is 92.7 Å². The van der Waals surface area contributed by atoms with Crippen LogP contribution in [0.1, 0.15) is 30.0 Å². The van der Waals surface area contributed by atoms with Crippen molar-refractivity contribution in [3.8, 4) is 0 Å². The molecule has 0 aliphatic rings. The van der Waals surface area contributed by atoms with Gasteiger partial charge < -0.3 is 10.4 Å². The molecule has 0 spiro atoms. The maximum atomic E-state index is 11.7. The number of carboxylic acid groups (broad SMARTS) is 1. The Bertz CT molecular complexity index is 429. The number of hydrogen-bond acceptors (Lipinski definition) is 4. The van der Waals surface area contributed by atoms with E-state index < -0.39 is 17.4 Å². The minimum atomic E-state index is -1.32. The second kappa shape index (κ2) is 4.26. The summed E-state index contributed by atoms with van der Waals surface area (Å²) in [5.41, 5.74) is -0.522. The monoisotopic (exact) mass is 223 g/mol. The quantitative estimate of drug-likeness (QED) is 0.772. The van der Waals surface area contributed by atoms with Crippen LogP contribution in [0.2, 0.25) is 0 Å². The van der Waals surface area contributed by atoms with Crippen LogP contribution in [0.3, 0.4) is 0 Å². The molecule has 0 unspecified atom stereocenters. The topological polar surface area (TPSA) is 92.2 Å². The summed E-state index contributed by atoms with van der Waals surface area (Å²) < 4.78 is 0. The first-order valence-corrected chi connectivity index (χ1v) is 4.67. The van der Waals surface area contributed by atoms with Gasteiger partial charge in [-0.2, -0.15) is 0 Å². The molecule has 6 heteroatoms. The number of nitrogens with zero attached hydrogens (tertiary/aromatic N) is 2. The SMILES string of the molecule is Cc1cc(C(=O)NC(C)(C)C(=O)O)ncn1. The molecule has 1 heterocycles. The van der Waals surface area contributed by atoms with Crippen molar-refractivity contribution >= 4 is 11.9 Å². The van der Waals surface area contributed by atoms with Crippen molar-refractivity contribution in [1.82, 2.24) is 15.3 Å². The fraction of sp³-hybridized carbons (Fsp3) is 0.400. The average molecular weight is 223 g/mol. The van der Waals surface area contributed by atoms with Crippen molar-refractivity contribution in [3.05, 3.63) is 23.8 Å². The molecule has 0 aliphatic carbocycles. The first-order chi connectivity index (χ1) is 7.33. The Kier molecular flexibility index (Phi) is 3.22. The molecule has 1 amide bonds. The molecule has 0 saturated carbocycles. The second-order valence-electron chi connectivity index (χ2n) is 3.93. The van der Waals surface area contributed by atoms with E-state index in [9.17, 15) is 9.59 Å². The number of aliphatic carboxylic acids is 1. The van der Waals surface area contributed by atoms with E-state index in [4.69, 9.17) is 5.11 Å². The molecule has 0 fully saturated rings. The van der Waals surface area contributed by atoms with Gasteiger partial charge in [-0.1, -0.05) is 0 Å². The molecule has 2 N–H and O–H groups in total. The molecule has 0 aromatic carbocycles. The van der Waals surface area contributed by atoms with E-state index >= 15 is 0 Å². The van der Waals surface area contributed by atoms with Gasteiger partial charge in [0.05, 0.1) is 0 Å². The highest BCUT2D eigenvalue weighted by Crippen LogP contribution is 2.04. The Balaban J connectivity index is 2.85. The number of aryl methyl sites for hydroxylation is 1. The van der Waals surface area contributed by atoms with Gasteiger partial charge in [-0.15, -0.1) is 0 Å². The predicted molar refractivity (Wildman–Crippen MR) is 56.0 cm³/mol. The van der Waals surface area contributed by atoms with Crippen LogP contribution >= 0.6 is 0 Å². The van der Waals surface area contributed by atoms with Crippen LogP contribution in [0.25, 0.3) is 0 Å². The maximum absolute atomic E-state index is 11.7. The highest BCUT2D eigenvalue weighted by molar-refractivity contribution is 5.96. The van der Waals surface area contributed by atoms with Crippen molar-refractivity contribution in [2.24, 2.45) is 0 Å². The van der Waals surface area contributed by atoms with Crippen molar-refractivity contribution in [3.63, 3.8) is 0 Å². The molecule has 1 aromatic heterocycles. The summed E-state index contributed by atoms with van der Waals surface area (Å²) in [4.78, 5) is 30.1. The number of carbonyl (C=O) groups excluding carboxylic acids is 1. The van der Waals surface area contributed by atoms with Gasteiger partial charge >= 0.3 is 5.97 Å². The molecule has 0 bridgehead atoms.